The summed E-state index contributed by atoms with van der Waals surface area (Å²) in [7, 11) is 0. The maximum Gasteiger partial charge on any atom is 0.265 e. The normalized spacial score (nSPS) is 11.4. The van der Waals surface area contributed by atoms with Gasteiger partial charge in [-0.15, -0.1) is 0 Å². The maximum atomic E-state index is 13.6. The highest BCUT2D eigenvalue weighted by Crippen LogP contribution is 2.25. The van der Waals surface area contributed by atoms with Crippen LogP contribution in [0, 0.1) is 17.5 Å². The number of amides is 1. The summed E-state index contributed by atoms with van der Waals surface area (Å²) in [6.45, 7) is -0.602. The predicted octanol–water partition coefficient (Wildman–Crippen LogP) is 4.16. The molecule has 0 saturated heterocycles. The Morgan fingerprint density at radius 2 is 1.47 bits per heavy atom. The molecule has 5 nitrogen and oxygen atoms in total. The number of oxime groups is 1. The lowest BCUT2D eigenvalue weighted by Crippen LogP contribution is -2.25. The molecule has 30 heavy (non-hydrogen) atoms. The van der Waals surface area contributed by atoms with Gasteiger partial charge in [-0.2, -0.15) is 0 Å². The minimum atomic E-state index is -1.68. The first-order valence-electron chi connectivity index (χ1n) is 8.96. The lowest BCUT2D eigenvalue weighted by atomic mass is 9.90. The van der Waals surface area contributed by atoms with Gasteiger partial charge < -0.3 is 15.9 Å². The molecule has 0 aliphatic carbocycles. The number of nitrogens with two attached hydrogens (primary N) is 1. The summed E-state index contributed by atoms with van der Waals surface area (Å²) < 4.78 is 39.8. The van der Waals surface area contributed by atoms with Crippen LogP contribution in [0.5, 0.6) is 0 Å². The number of nitrogens with zero attached hydrogens (tertiary/aromatic N) is 1. The SMILES string of the molecule is N/C(=N/OCC(=O)Nc1ccc(F)c(F)c1F)C(c1ccccc1)c1ccccc1. The summed E-state index contributed by atoms with van der Waals surface area (Å²) in [4.78, 5) is 16.9. The largest absolute Gasteiger partial charge is 0.384 e. The molecule has 0 aliphatic rings. The van der Waals surface area contributed by atoms with Crippen molar-refractivity contribution in [3.8, 4) is 0 Å². The highest BCUT2D eigenvalue weighted by Gasteiger charge is 2.19. The fourth-order valence-corrected chi connectivity index (χ4v) is 2.85. The minimum absolute atomic E-state index is 0.110. The van der Waals surface area contributed by atoms with Crippen LogP contribution in [0.2, 0.25) is 0 Å². The van der Waals surface area contributed by atoms with Crippen LogP contribution in [-0.2, 0) is 9.63 Å². The van der Waals surface area contributed by atoms with Crippen molar-refractivity contribution in [2.24, 2.45) is 10.9 Å². The van der Waals surface area contributed by atoms with Crippen LogP contribution < -0.4 is 11.1 Å². The van der Waals surface area contributed by atoms with E-state index in [0.29, 0.717) is 6.07 Å². The molecule has 0 radical (unpaired) electrons. The van der Waals surface area contributed by atoms with Gasteiger partial charge in [0, 0.05) is 0 Å². The maximum absolute atomic E-state index is 13.6. The van der Waals surface area contributed by atoms with E-state index in [2.05, 4.69) is 10.5 Å². The van der Waals surface area contributed by atoms with Crippen LogP contribution >= 0.6 is 0 Å². The lowest BCUT2D eigenvalue weighted by molar-refractivity contribution is -0.120. The first kappa shape index (κ1) is 20.9. The predicted molar refractivity (Wildman–Crippen MR) is 107 cm³/mol. The minimum Gasteiger partial charge on any atom is -0.384 e. The van der Waals surface area contributed by atoms with Gasteiger partial charge in [-0.1, -0.05) is 65.8 Å². The van der Waals surface area contributed by atoms with E-state index in [1.165, 1.54) is 0 Å². The van der Waals surface area contributed by atoms with E-state index in [1.807, 2.05) is 60.7 Å². The topological polar surface area (TPSA) is 76.7 Å². The third kappa shape index (κ3) is 4.96. The Balaban J connectivity index is 1.69. The average Bonchev–Trinajstić information content (AvgIpc) is 2.76. The number of halogens is 3. The number of hydrogen-bond acceptors (Lipinski definition) is 3. The first-order chi connectivity index (χ1) is 14.5. The fraction of sp³-hybridized carbons (Fsp3) is 0.0909. The monoisotopic (exact) mass is 413 g/mol. The van der Waals surface area contributed by atoms with Gasteiger partial charge >= 0.3 is 0 Å². The average molecular weight is 413 g/mol. The number of nitrogens with one attached hydrogen (secondary N) is 1. The molecule has 0 atom stereocenters. The Morgan fingerprint density at radius 3 is 2.03 bits per heavy atom. The Kier molecular flexibility index (Phi) is 6.69. The molecule has 3 aromatic rings. The molecule has 0 aliphatic heterocycles. The van der Waals surface area contributed by atoms with Crippen molar-refractivity contribution < 1.29 is 22.8 Å². The third-order valence-electron chi connectivity index (χ3n) is 4.24. The van der Waals surface area contributed by atoms with Crippen LogP contribution in [0.1, 0.15) is 17.0 Å². The number of anilines is 1. The second-order valence-corrected chi connectivity index (χ2v) is 6.32. The van der Waals surface area contributed by atoms with Gasteiger partial charge in [0.25, 0.3) is 5.91 Å². The Labute approximate surface area is 171 Å². The molecule has 8 heteroatoms. The number of amidine groups is 1. The van der Waals surface area contributed by atoms with Crippen LogP contribution in [0.4, 0.5) is 18.9 Å². The van der Waals surface area contributed by atoms with Gasteiger partial charge in [-0.25, -0.2) is 13.2 Å². The molecular weight excluding hydrogens is 395 g/mol. The number of hydrogen-bond donors (Lipinski definition) is 2. The van der Waals surface area contributed by atoms with Gasteiger partial charge in [0.05, 0.1) is 11.6 Å². The van der Waals surface area contributed by atoms with Crippen LogP contribution in [0.25, 0.3) is 0 Å². The highest BCUT2D eigenvalue weighted by molar-refractivity contribution is 5.92. The molecule has 1 amide bonds. The van der Waals surface area contributed by atoms with E-state index < -0.39 is 41.6 Å². The van der Waals surface area contributed by atoms with Crippen molar-refractivity contribution in [2.45, 2.75) is 5.92 Å². The van der Waals surface area contributed by atoms with Crippen molar-refractivity contribution in [3.63, 3.8) is 0 Å². The van der Waals surface area contributed by atoms with Gasteiger partial charge in [0.2, 0.25) is 0 Å². The number of carbonyl (C=O) groups is 1. The van der Waals surface area contributed by atoms with Crippen molar-refractivity contribution >= 4 is 17.4 Å². The second-order valence-electron chi connectivity index (χ2n) is 6.32. The van der Waals surface area contributed by atoms with Crippen LogP contribution in [0.3, 0.4) is 0 Å². The molecule has 3 aromatic carbocycles. The quantitative estimate of drug-likeness (QED) is 0.264. The number of rotatable bonds is 7. The number of benzene rings is 3. The molecule has 154 valence electrons. The highest BCUT2D eigenvalue weighted by atomic mass is 19.2. The Hall–Kier alpha value is -3.81. The summed E-state index contributed by atoms with van der Waals surface area (Å²) in [6.07, 6.45) is 0. The molecule has 0 saturated carbocycles. The standard InChI is InChI=1S/C22H18F3N3O2/c23-16-11-12-17(21(25)20(16)24)27-18(29)13-30-28-22(26)19(14-7-3-1-4-8-14)15-9-5-2-6-10-15/h1-12,19H,13H2,(H2,26,28)(H,27,29). The van der Waals surface area contributed by atoms with E-state index in [4.69, 9.17) is 10.6 Å². The summed E-state index contributed by atoms with van der Waals surface area (Å²) in [5.74, 6) is -5.64. The Morgan fingerprint density at radius 1 is 0.900 bits per heavy atom. The summed E-state index contributed by atoms with van der Waals surface area (Å²) >= 11 is 0. The summed E-state index contributed by atoms with van der Waals surface area (Å²) in [5, 5.41) is 5.91. The van der Waals surface area contributed by atoms with Crippen molar-refractivity contribution in [3.05, 3.63) is 101 Å². The van der Waals surface area contributed by atoms with Crippen molar-refractivity contribution in [1.29, 1.82) is 0 Å². The van der Waals surface area contributed by atoms with E-state index >= 15 is 0 Å². The van der Waals surface area contributed by atoms with Gasteiger partial charge in [-0.3, -0.25) is 4.79 Å². The Bertz CT molecular complexity index is 1000. The van der Waals surface area contributed by atoms with Crippen LogP contribution in [0.15, 0.2) is 78.0 Å². The van der Waals surface area contributed by atoms with Gasteiger partial charge in [0.15, 0.2) is 29.9 Å². The van der Waals surface area contributed by atoms with E-state index in [1.54, 1.807) is 0 Å². The van der Waals surface area contributed by atoms with Crippen LogP contribution in [-0.4, -0.2) is 18.3 Å². The summed E-state index contributed by atoms with van der Waals surface area (Å²) in [6, 6.07) is 20.4. The van der Waals surface area contributed by atoms with Gasteiger partial charge in [0.1, 0.15) is 0 Å². The van der Waals surface area contributed by atoms with Crippen molar-refractivity contribution in [2.75, 3.05) is 11.9 Å². The smallest absolute Gasteiger partial charge is 0.265 e. The zero-order valence-electron chi connectivity index (χ0n) is 15.7. The van der Waals surface area contributed by atoms with E-state index in [-0.39, 0.29) is 5.84 Å². The zero-order valence-corrected chi connectivity index (χ0v) is 15.7. The molecule has 0 fully saturated rings. The van der Waals surface area contributed by atoms with E-state index in [9.17, 15) is 18.0 Å². The van der Waals surface area contributed by atoms with E-state index in [0.717, 1.165) is 17.2 Å². The molecule has 0 unspecified atom stereocenters. The third-order valence-corrected chi connectivity index (χ3v) is 4.24. The molecule has 0 heterocycles. The fourth-order valence-electron chi connectivity index (χ4n) is 2.85. The molecule has 3 N–H and O–H groups in total. The summed E-state index contributed by atoms with van der Waals surface area (Å²) in [5.41, 5.74) is 7.37. The first-order valence-corrected chi connectivity index (χ1v) is 8.96. The molecule has 0 spiro atoms. The molecular formula is C22H18F3N3O2. The second kappa shape index (κ2) is 9.60. The number of carbonyl (C=O) groups excluding carboxylic acids is 1. The molecule has 0 bridgehead atoms. The van der Waals surface area contributed by atoms with Crippen molar-refractivity contribution in [1.82, 2.24) is 0 Å². The lowest BCUT2D eigenvalue weighted by Gasteiger charge is -2.17. The molecule has 3 rings (SSSR count). The molecule has 0 aromatic heterocycles. The zero-order chi connectivity index (χ0) is 21.5. The van der Waals surface area contributed by atoms with Gasteiger partial charge in [-0.05, 0) is 23.3 Å².